The number of nitrogens with two attached hydrogens (primary N) is 1. The predicted octanol–water partition coefficient (Wildman–Crippen LogP) is 1.34. The first-order valence-corrected chi connectivity index (χ1v) is 6.27. The lowest BCUT2D eigenvalue weighted by molar-refractivity contribution is -0.130. The van der Waals surface area contributed by atoms with Crippen LogP contribution < -0.4 is 11.3 Å². The van der Waals surface area contributed by atoms with Crippen LogP contribution in [0.4, 0.5) is 0 Å². The normalized spacial score (nSPS) is 18.4. The SMILES string of the molecule is Cc1ccc(C2(C(=O)NN)CCOCC2)cc1C. The predicted molar refractivity (Wildman–Crippen MR) is 70.0 cm³/mol. The van der Waals surface area contributed by atoms with Crippen molar-refractivity contribution in [1.29, 1.82) is 0 Å². The number of carbonyl (C=O) groups excluding carboxylic acids is 1. The van der Waals surface area contributed by atoms with Crippen molar-refractivity contribution in [3.8, 4) is 0 Å². The van der Waals surface area contributed by atoms with Gasteiger partial charge in [0, 0.05) is 13.2 Å². The lowest BCUT2D eigenvalue weighted by Gasteiger charge is -2.36. The summed E-state index contributed by atoms with van der Waals surface area (Å²) in [5.74, 6) is 5.24. The van der Waals surface area contributed by atoms with Crippen LogP contribution in [0.1, 0.15) is 29.5 Å². The smallest absolute Gasteiger partial charge is 0.244 e. The van der Waals surface area contributed by atoms with Crippen molar-refractivity contribution in [2.75, 3.05) is 13.2 Å². The summed E-state index contributed by atoms with van der Waals surface area (Å²) in [5.41, 5.74) is 5.24. The number of hydrazine groups is 1. The van der Waals surface area contributed by atoms with Crippen LogP contribution in [-0.4, -0.2) is 19.1 Å². The van der Waals surface area contributed by atoms with Gasteiger partial charge < -0.3 is 4.74 Å². The number of aryl methyl sites for hydroxylation is 2. The van der Waals surface area contributed by atoms with Gasteiger partial charge in [-0.05, 0) is 43.4 Å². The van der Waals surface area contributed by atoms with E-state index in [-0.39, 0.29) is 5.91 Å². The van der Waals surface area contributed by atoms with E-state index >= 15 is 0 Å². The minimum atomic E-state index is -0.536. The van der Waals surface area contributed by atoms with Gasteiger partial charge in [0.2, 0.25) is 5.91 Å². The number of ether oxygens (including phenoxy) is 1. The molecule has 1 heterocycles. The molecule has 98 valence electrons. The molecule has 1 fully saturated rings. The summed E-state index contributed by atoms with van der Waals surface area (Å²) in [7, 11) is 0. The van der Waals surface area contributed by atoms with E-state index in [1.54, 1.807) is 0 Å². The Morgan fingerprint density at radius 3 is 2.50 bits per heavy atom. The second kappa shape index (κ2) is 5.08. The highest BCUT2D eigenvalue weighted by atomic mass is 16.5. The third-order valence-electron chi connectivity index (χ3n) is 3.97. The zero-order chi connectivity index (χ0) is 13.2. The first-order chi connectivity index (χ1) is 8.60. The fraction of sp³-hybridized carbons (Fsp3) is 0.500. The Bertz CT molecular complexity index is 451. The summed E-state index contributed by atoms with van der Waals surface area (Å²) in [5, 5.41) is 0. The maximum Gasteiger partial charge on any atom is 0.244 e. The van der Waals surface area contributed by atoms with E-state index in [4.69, 9.17) is 10.6 Å². The van der Waals surface area contributed by atoms with Gasteiger partial charge in [0.1, 0.15) is 0 Å². The number of amides is 1. The van der Waals surface area contributed by atoms with Crippen molar-refractivity contribution >= 4 is 5.91 Å². The molecule has 4 nitrogen and oxygen atoms in total. The van der Waals surface area contributed by atoms with E-state index in [9.17, 15) is 4.79 Å². The topological polar surface area (TPSA) is 64.4 Å². The van der Waals surface area contributed by atoms with Gasteiger partial charge in [-0.1, -0.05) is 18.2 Å². The first kappa shape index (κ1) is 13.1. The van der Waals surface area contributed by atoms with Crippen LogP contribution in [0.25, 0.3) is 0 Å². The molecule has 1 saturated heterocycles. The molecule has 0 atom stereocenters. The summed E-state index contributed by atoms with van der Waals surface area (Å²) in [6.45, 7) is 5.33. The van der Waals surface area contributed by atoms with Crippen LogP contribution in [0.3, 0.4) is 0 Å². The number of rotatable bonds is 2. The second-order valence-corrected chi connectivity index (χ2v) is 4.97. The molecule has 1 aliphatic heterocycles. The Balaban J connectivity index is 2.45. The van der Waals surface area contributed by atoms with Gasteiger partial charge in [-0.25, -0.2) is 5.84 Å². The van der Waals surface area contributed by atoms with E-state index < -0.39 is 5.41 Å². The van der Waals surface area contributed by atoms with Crippen molar-refractivity contribution in [2.24, 2.45) is 5.84 Å². The Morgan fingerprint density at radius 2 is 1.94 bits per heavy atom. The molecule has 0 bridgehead atoms. The zero-order valence-corrected chi connectivity index (χ0v) is 11.0. The second-order valence-electron chi connectivity index (χ2n) is 4.97. The van der Waals surface area contributed by atoms with Crippen molar-refractivity contribution < 1.29 is 9.53 Å². The number of benzene rings is 1. The summed E-state index contributed by atoms with van der Waals surface area (Å²) < 4.78 is 5.37. The van der Waals surface area contributed by atoms with Crippen LogP contribution in [0.2, 0.25) is 0 Å². The molecule has 1 aromatic carbocycles. The molecule has 1 aromatic rings. The Morgan fingerprint density at radius 1 is 1.28 bits per heavy atom. The lowest BCUT2D eigenvalue weighted by atomic mass is 9.73. The highest BCUT2D eigenvalue weighted by molar-refractivity contribution is 5.88. The molecule has 18 heavy (non-hydrogen) atoms. The largest absolute Gasteiger partial charge is 0.381 e. The van der Waals surface area contributed by atoms with Gasteiger partial charge in [0.05, 0.1) is 5.41 Å². The summed E-state index contributed by atoms with van der Waals surface area (Å²) in [6, 6.07) is 6.18. The van der Waals surface area contributed by atoms with E-state index in [1.165, 1.54) is 11.1 Å². The average Bonchev–Trinajstić information content (AvgIpc) is 2.41. The fourth-order valence-corrected chi connectivity index (χ4v) is 2.54. The Labute approximate surface area is 107 Å². The number of nitrogens with one attached hydrogen (secondary N) is 1. The molecular formula is C14H20N2O2. The van der Waals surface area contributed by atoms with Crippen molar-refractivity contribution in [1.82, 2.24) is 5.43 Å². The molecule has 2 rings (SSSR count). The van der Waals surface area contributed by atoms with Gasteiger partial charge in [-0.2, -0.15) is 0 Å². The minimum Gasteiger partial charge on any atom is -0.381 e. The van der Waals surface area contributed by atoms with Crippen molar-refractivity contribution in [3.63, 3.8) is 0 Å². The molecule has 0 spiro atoms. The van der Waals surface area contributed by atoms with Crippen LogP contribution in [0, 0.1) is 13.8 Å². The van der Waals surface area contributed by atoms with Gasteiger partial charge >= 0.3 is 0 Å². The number of hydrogen-bond acceptors (Lipinski definition) is 3. The molecule has 1 amide bonds. The molecule has 0 radical (unpaired) electrons. The first-order valence-electron chi connectivity index (χ1n) is 6.27. The third kappa shape index (κ3) is 2.13. The lowest BCUT2D eigenvalue weighted by Crippen LogP contribution is -2.50. The Hall–Kier alpha value is -1.39. The van der Waals surface area contributed by atoms with Gasteiger partial charge in [0.25, 0.3) is 0 Å². The molecule has 0 aromatic heterocycles. The van der Waals surface area contributed by atoms with E-state index in [0.717, 1.165) is 5.56 Å². The maximum absolute atomic E-state index is 12.2. The molecule has 1 aliphatic rings. The van der Waals surface area contributed by atoms with E-state index in [1.807, 2.05) is 6.07 Å². The molecule has 0 saturated carbocycles. The maximum atomic E-state index is 12.2. The number of hydrogen-bond donors (Lipinski definition) is 2. The molecule has 3 N–H and O–H groups in total. The molecule has 4 heteroatoms. The molecule has 0 unspecified atom stereocenters. The molecular weight excluding hydrogens is 228 g/mol. The monoisotopic (exact) mass is 248 g/mol. The van der Waals surface area contributed by atoms with Gasteiger partial charge in [-0.15, -0.1) is 0 Å². The van der Waals surface area contributed by atoms with Crippen LogP contribution in [0.15, 0.2) is 18.2 Å². The summed E-state index contributed by atoms with van der Waals surface area (Å²) in [6.07, 6.45) is 1.36. The van der Waals surface area contributed by atoms with Gasteiger partial charge in [-0.3, -0.25) is 10.2 Å². The fourth-order valence-electron chi connectivity index (χ4n) is 2.54. The quantitative estimate of drug-likeness (QED) is 0.471. The Kier molecular flexibility index (Phi) is 3.68. The van der Waals surface area contributed by atoms with E-state index in [2.05, 4.69) is 31.4 Å². The van der Waals surface area contributed by atoms with Crippen molar-refractivity contribution in [3.05, 3.63) is 34.9 Å². The van der Waals surface area contributed by atoms with Crippen LogP contribution >= 0.6 is 0 Å². The van der Waals surface area contributed by atoms with E-state index in [0.29, 0.717) is 26.1 Å². The number of carbonyl (C=O) groups is 1. The van der Waals surface area contributed by atoms with Crippen molar-refractivity contribution in [2.45, 2.75) is 32.1 Å². The molecule has 0 aliphatic carbocycles. The van der Waals surface area contributed by atoms with Gasteiger partial charge in [0.15, 0.2) is 0 Å². The highest BCUT2D eigenvalue weighted by Gasteiger charge is 2.41. The van der Waals surface area contributed by atoms with Crippen LogP contribution in [-0.2, 0) is 14.9 Å². The summed E-state index contributed by atoms with van der Waals surface area (Å²) >= 11 is 0. The standard InChI is InChI=1S/C14H20N2O2/c1-10-3-4-12(9-11(10)2)14(13(17)16-15)5-7-18-8-6-14/h3-4,9H,5-8,15H2,1-2H3,(H,16,17). The summed E-state index contributed by atoms with van der Waals surface area (Å²) in [4.78, 5) is 12.2. The third-order valence-corrected chi connectivity index (χ3v) is 3.97. The average molecular weight is 248 g/mol. The van der Waals surface area contributed by atoms with Crippen LogP contribution in [0.5, 0.6) is 0 Å². The zero-order valence-electron chi connectivity index (χ0n) is 11.0. The minimum absolute atomic E-state index is 0.117. The highest BCUT2D eigenvalue weighted by Crippen LogP contribution is 2.35.